The lowest BCUT2D eigenvalue weighted by Gasteiger charge is -2.03. The van der Waals surface area contributed by atoms with E-state index in [9.17, 15) is 9.18 Å². The Hall–Kier alpha value is -3.28. The molecular weight excluding hydrogens is 295 g/mol. The molecule has 3 aromatic rings. The third-order valence-electron chi connectivity index (χ3n) is 3.09. The molecule has 0 spiro atoms. The first-order chi connectivity index (χ1) is 11.2. The molecule has 0 unspecified atom stereocenters. The molecule has 1 heterocycles. The van der Waals surface area contributed by atoms with E-state index in [2.05, 4.69) is 20.5 Å². The molecule has 3 rings (SSSR count). The van der Waals surface area contributed by atoms with Crippen LogP contribution < -0.4 is 11.0 Å². The van der Waals surface area contributed by atoms with Crippen molar-refractivity contribution < 1.29 is 4.39 Å². The summed E-state index contributed by atoms with van der Waals surface area (Å²) in [4.78, 5) is 18.5. The maximum absolute atomic E-state index is 13.5. The lowest BCUT2D eigenvalue weighted by atomic mass is 10.1. The van der Waals surface area contributed by atoms with Gasteiger partial charge in [0, 0.05) is 17.2 Å². The smallest absolute Gasteiger partial charge is 0.252 e. The number of aromatic amines is 1. The van der Waals surface area contributed by atoms with Gasteiger partial charge in [-0.1, -0.05) is 48.5 Å². The lowest BCUT2D eigenvalue weighted by Crippen LogP contribution is -2.10. The molecule has 0 amide bonds. The van der Waals surface area contributed by atoms with Gasteiger partial charge in [0.2, 0.25) is 5.95 Å². The van der Waals surface area contributed by atoms with E-state index >= 15 is 0 Å². The Morgan fingerprint density at radius 2 is 1.83 bits per heavy atom. The van der Waals surface area contributed by atoms with E-state index in [4.69, 9.17) is 0 Å². The van der Waals surface area contributed by atoms with Crippen LogP contribution in [0.2, 0.25) is 0 Å². The van der Waals surface area contributed by atoms with Crippen LogP contribution in [-0.4, -0.2) is 16.2 Å². The number of hydrogen-bond donors (Lipinski definition) is 2. The molecule has 0 saturated carbocycles. The molecule has 1 aromatic heterocycles. The summed E-state index contributed by atoms with van der Waals surface area (Å²) in [6, 6.07) is 17.0. The van der Waals surface area contributed by atoms with Crippen molar-refractivity contribution in [1.82, 2.24) is 9.97 Å². The first kappa shape index (κ1) is 14.6. The number of nitrogens with zero attached hydrogens (tertiary/aromatic N) is 2. The van der Waals surface area contributed by atoms with Crippen LogP contribution in [0.15, 0.2) is 70.6 Å². The number of aromatic nitrogens is 2. The molecular formula is C17H13FN4O. The van der Waals surface area contributed by atoms with E-state index < -0.39 is 0 Å². The largest absolute Gasteiger partial charge is 0.291 e. The van der Waals surface area contributed by atoms with Crippen LogP contribution in [0.4, 0.5) is 10.3 Å². The maximum atomic E-state index is 13.5. The number of hydrazone groups is 1. The van der Waals surface area contributed by atoms with Crippen molar-refractivity contribution in [2.75, 3.05) is 5.43 Å². The van der Waals surface area contributed by atoms with Crippen molar-refractivity contribution in [3.05, 3.63) is 82.4 Å². The minimum absolute atomic E-state index is 0.184. The topological polar surface area (TPSA) is 70.1 Å². The number of halogens is 1. The lowest BCUT2D eigenvalue weighted by molar-refractivity contribution is 0.626. The van der Waals surface area contributed by atoms with Gasteiger partial charge in [-0.25, -0.2) is 14.8 Å². The van der Waals surface area contributed by atoms with Gasteiger partial charge < -0.3 is 0 Å². The summed E-state index contributed by atoms with van der Waals surface area (Å²) in [5.41, 5.74) is 3.98. The zero-order valence-corrected chi connectivity index (χ0v) is 12.0. The van der Waals surface area contributed by atoms with Crippen molar-refractivity contribution in [1.29, 1.82) is 0 Å². The van der Waals surface area contributed by atoms with Gasteiger partial charge in [0.05, 0.1) is 11.9 Å². The summed E-state index contributed by atoms with van der Waals surface area (Å²) in [5, 5.41) is 3.90. The van der Waals surface area contributed by atoms with E-state index in [1.165, 1.54) is 18.3 Å². The summed E-state index contributed by atoms with van der Waals surface area (Å²) in [6.45, 7) is 0. The first-order valence-electron chi connectivity index (χ1n) is 6.93. The van der Waals surface area contributed by atoms with Gasteiger partial charge in [-0.05, 0) is 6.07 Å². The summed E-state index contributed by atoms with van der Waals surface area (Å²) in [5.74, 6) is -0.193. The highest BCUT2D eigenvalue weighted by Crippen LogP contribution is 2.15. The first-order valence-corrected chi connectivity index (χ1v) is 6.93. The highest BCUT2D eigenvalue weighted by atomic mass is 19.1. The predicted molar refractivity (Wildman–Crippen MR) is 87.9 cm³/mol. The normalized spacial score (nSPS) is 10.8. The van der Waals surface area contributed by atoms with E-state index in [-0.39, 0.29) is 17.3 Å². The Morgan fingerprint density at radius 3 is 2.61 bits per heavy atom. The van der Waals surface area contributed by atoms with Crippen LogP contribution in [0.5, 0.6) is 0 Å². The zero-order chi connectivity index (χ0) is 16.1. The van der Waals surface area contributed by atoms with Gasteiger partial charge in [0.15, 0.2) is 0 Å². The Balaban J connectivity index is 1.83. The second-order valence-electron chi connectivity index (χ2n) is 4.74. The number of benzene rings is 2. The minimum atomic E-state index is -0.377. The summed E-state index contributed by atoms with van der Waals surface area (Å²) < 4.78 is 13.5. The molecule has 0 aliphatic carbocycles. The van der Waals surface area contributed by atoms with Crippen molar-refractivity contribution >= 4 is 12.2 Å². The number of nitrogens with one attached hydrogen (secondary N) is 2. The Kier molecular flexibility index (Phi) is 4.24. The molecule has 0 aliphatic heterocycles. The number of H-pyrrole nitrogens is 1. The van der Waals surface area contributed by atoms with Gasteiger partial charge in [0.25, 0.3) is 5.56 Å². The van der Waals surface area contributed by atoms with E-state index in [0.717, 1.165) is 5.56 Å². The maximum Gasteiger partial charge on any atom is 0.252 e. The van der Waals surface area contributed by atoms with Crippen molar-refractivity contribution in [2.45, 2.75) is 0 Å². The van der Waals surface area contributed by atoms with E-state index in [1.54, 1.807) is 18.2 Å². The quantitative estimate of drug-likeness (QED) is 0.575. The highest BCUT2D eigenvalue weighted by molar-refractivity contribution is 5.80. The molecule has 2 aromatic carbocycles. The van der Waals surface area contributed by atoms with Crippen LogP contribution in [0.3, 0.4) is 0 Å². The number of rotatable bonds is 4. The molecule has 23 heavy (non-hydrogen) atoms. The summed E-state index contributed by atoms with van der Waals surface area (Å²) >= 11 is 0. The van der Waals surface area contributed by atoms with Crippen LogP contribution >= 0.6 is 0 Å². The van der Waals surface area contributed by atoms with Crippen molar-refractivity contribution in [3.63, 3.8) is 0 Å². The molecule has 114 valence electrons. The zero-order valence-electron chi connectivity index (χ0n) is 12.0. The second-order valence-corrected chi connectivity index (χ2v) is 4.74. The predicted octanol–water partition coefficient (Wildman–Crippen LogP) is 3.02. The molecule has 0 fully saturated rings. The Labute approximate surface area is 131 Å². The molecule has 0 aliphatic rings. The number of anilines is 1. The average molecular weight is 308 g/mol. The van der Waals surface area contributed by atoms with Crippen molar-refractivity contribution in [2.24, 2.45) is 5.10 Å². The van der Waals surface area contributed by atoms with Gasteiger partial charge in [-0.15, -0.1) is 0 Å². The molecule has 0 radical (unpaired) electrons. The third-order valence-corrected chi connectivity index (χ3v) is 3.09. The van der Waals surface area contributed by atoms with Gasteiger partial charge in [0.1, 0.15) is 5.82 Å². The van der Waals surface area contributed by atoms with Gasteiger partial charge in [-0.2, -0.15) is 5.10 Å². The fourth-order valence-corrected chi connectivity index (χ4v) is 2.01. The van der Waals surface area contributed by atoms with Crippen molar-refractivity contribution in [3.8, 4) is 11.3 Å². The average Bonchev–Trinajstić information content (AvgIpc) is 2.57. The summed E-state index contributed by atoms with van der Waals surface area (Å²) in [7, 11) is 0. The van der Waals surface area contributed by atoms with Crippen LogP contribution in [0, 0.1) is 5.82 Å². The molecule has 2 N–H and O–H groups in total. The number of hydrogen-bond acceptors (Lipinski definition) is 4. The molecule has 0 saturated heterocycles. The third kappa shape index (κ3) is 3.68. The Bertz CT molecular complexity index is 890. The second kappa shape index (κ2) is 6.65. The van der Waals surface area contributed by atoms with Crippen LogP contribution in [0.1, 0.15) is 5.56 Å². The standard InChI is InChI=1S/C17H13FN4O/c18-14-9-5-4-8-13(14)11-19-22-17-20-15(10-16(23)21-17)12-6-2-1-3-7-12/h1-11H,(H2,20,21,22,23)/b19-11+. The van der Waals surface area contributed by atoms with Crippen LogP contribution in [0.25, 0.3) is 11.3 Å². The SMILES string of the molecule is O=c1cc(-c2ccccc2)nc(N/N=C/c2ccccc2F)[nH]1. The monoisotopic (exact) mass is 308 g/mol. The van der Waals surface area contributed by atoms with Crippen LogP contribution in [-0.2, 0) is 0 Å². The molecule has 0 atom stereocenters. The minimum Gasteiger partial charge on any atom is -0.291 e. The fraction of sp³-hybridized carbons (Fsp3) is 0. The van der Waals surface area contributed by atoms with Gasteiger partial charge in [-0.3, -0.25) is 9.78 Å². The molecule has 0 bridgehead atoms. The highest BCUT2D eigenvalue weighted by Gasteiger charge is 2.03. The van der Waals surface area contributed by atoms with E-state index in [1.807, 2.05) is 30.3 Å². The van der Waals surface area contributed by atoms with E-state index in [0.29, 0.717) is 11.3 Å². The fourth-order valence-electron chi connectivity index (χ4n) is 2.01. The molecule has 5 nitrogen and oxygen atoms in total. The molecule has 6 heteroatoms. The van der Waals surface area contributed by atoms with Gasteiger partial charge >= 0.3 is 0 Å². The summed E-state index contributed by atoms with van der Waals surface area (Å²) in [6.07, 6.45) is 1.32. The Morgan fingerprint density at radius 1 is 1.09 bits per heavy atom.